The molecule has 0 aromatic rings. The second-order valence-electron chi connectivity index (χ2n) is 18.8. The summed E-state index contributed by atoms with van der Waals surface area (Å²) in [5, 5.41) is 0. The molecule has 0 fully saturated rings. The minimum Gasteiger partial charge on any atom is -0.462 e. The van der Waals surface area contributed by atoms with E-state index in [1.165, 1.54) is 103 Å². The molecule has 68 heavy (non-hydrogen) atoms. The Labute approximate surface area is 420 Å². The van der Waals surface area contributed by atoms with Gasteiger partial charge < -0.3 is 14.2 Å². The van der Waals surface area contributed by atoms with E-state index in [0.29, 0.717) is 19.3 Å². The van der Waals surface area contributed by atoms with Gasteiger partial charge in [0.05, 0.1) is 0 Å². The van der Waals surface area contributed by atoms with Crippen molar-refractivity contribution in [1.82, 2.24) is 0 Å². The summed E-state index contributed by atoms with van der Waals surface area (Å²) >= 11 is 0. The van der Waals surface area contributed by atoms with Crippen LogP contribution in [0.3, 0.4) is 0 Å². The molecule has 0 aliphatic rings. The van der Waals surface area contributed by atoms with Crippen LogP contribution in [0.1, 0.15) is 271 Å². The summed E-state index contributed by atoms with van der Waals surface area (Å²) in [5.74, 6) is -0.934. The molecule has 1 unspecified atom stereocenters. The molecule has 0 aromatic carbocycles. The van der Waals surface area contributed by atoms with Gasteiger partial charge in [-0.15, -0.1) is 0 Å². The van der Waals surface area contributed by atoms with Crippen molar-refractivity contribution in [3.05, 3.63) is 85.1 Å². The third kappa shape index (κ3) is 53.5. The summed E-state index contributed by atoms with van der Waals surface area (Å²) in [4.78, 5) is 38.1. The third-order valence-corrected chi connectivity index (χ3v) is 12.1. The fourth-order valence-corrected chi connectivity index (χ4v) is 7.83. The standard InChI is InChI=1S/C62H106O6/c1-4-7-10-13-16-19-22-25-27-29-31-33-34-37-40-43-46-49-52-55-61(64)67-58-59(57-66-60(63)54-51-48-45-42-39-36-24-21-18-15-12-9-6-3)68-62(65)56-53-50-47-44-41-38-35-32-30-28-26-23-20-17-14-11-8-5-2/h7,10,16,19,25,27-28,30-33,35-36,39,59H,4-6,8-9,11-15,17-18,20-24,26,29,34,37-38,40-58H2,1-3H3/b10-7-,19-16-,27-25-,30-28-,33-31-,35-32-,39-36-. The lowest BCUT2D eigenvalue weighted by Gasteiger charge is -2.18. The molecule has 0 bridgehead atoms. The van der Waals surface area contributed by atoms with Crippen molar-refractivity contribution in [3.63, 3.8) is 0 Å². The highest BCUT2D eigenvalue weighted by Gasteiger charge is 2.19. The van der Waals surface area contributed by atoms with Crippen LogP contribution in [-0.4, -0.2) is 37.2 Å². The van der Waals surface area contributed by atoms with Crippen molar-refractivity contribution in [2.75, 3.05) is 13.2 Å². The van der Waals surface area contributed by atoms with E-state index in [-0.39, 0.29) is 31.1 Å². The quantitative estimate of drug-likeness (QED) is 0.0199. The van der Waals surface area contributed by atoms with E-state index in [4.69, 9.17) is 14.2 Å². The molecule has 0 radical (unpaired) electrons. The van der Waals surface area contributed by atoms with E-state index in [1.54, 1.807) is 0 Å². The monoisotopic (exact) mass is 947 g/mol. The molecule has 0 N–H and O–H groups in total. The molecule has 6 heteroatoms. The van der Waals surface area contributed by atoms with E-state index in [1.807, 2.05) is 0 Å². The predicted octanol–water partition coefficient (Wildman–Crippen LogP) is 19.2. The summed E-state index contributed by atoms with van der Waals surface area (Å²) in [7, 11) is 0. The molecule has 0 saturated carbocycles. The van der Waals surface area contributed by atoms with Crippen LogP contribution in [0, 0.1) is 0 Å². The fourth-order valence-electron chi connectivity index (χ4n) is 7.83. The maximum Gasteiger partial charge on any atom is 0.306 e. The number of rotatable bonds is 51. The number of allylic oxidation sites excluding steroid dienone is 14. The number of esters is 3. The SMILES string of the molecule is CC/C=C\C/C=C\C/C=C\C/C=C\CCCCCCCCC(=O)OCC(COC(=O)CCCCC/C=C\CCCCCCCC)OC(=O)CCCCCCC/C=C\C=C/CCCCCCCCC. The van der Waals surface area contributed by atoms with E-state index in [9.17, 15) is 14.4 Å². The van der Waals surface area contributed by atoms with Crippen molar-refractivity contribution in [3.8, 4) is 0 Å². The highest BCUT2D eigenvalue weighted by molar-refractivity contribution is 5.71. The van der Waals surface area contributed by atoms with Gasteiger partial charge in [0.1, 0.15) is 13.2 Å². The van der Waals surface area contributed by atoms with Gasteiger partial charge in [-0.3, -0.25) is 14.4 Å². The van der Waals surface area contributed by atoms with Crippen LogP contribution < -0.4 is 0 Å². The zero-order valence-electron chi connectivity index (χ0n) is 44.6. The lowest BCUT2D eigenvalue weighted by molar-refractivity contribution is -0.167. The Morgan fingerprint density at radius 1 is 0.324 bits per heavy atom. The van der Waals surface area contributed by atoms with Crippen LogP contribution >= 0.6 is 0 Å². The van der Waals surface area contributed by atoms with Crippen molar-refractivity contribution < 1.29 is 28.6 Å². The fraction of sp³-hybridized carbons (Fsp3) is 0.726. The van der Waals surface area contributed by atoms with Crippen LogP contribution in [0.25, 0.3) is 0 Å². The normalized spacial score (nSPS) is 12.7. The second-order valence-corrected chi connectivity index (χ2v) is 18.8. The van der Waals surface area contributed by atoms with Gasteiger partial charge in [-0.1, -0.05) is 228 Å². The molecule has 0 spiro atoms. The van der Waals surface area contributed by atoms with Crippen molar-refractivity contribution in [1.29, 1.82) is 0 Å². The highest BCUT2D eigenvalue weighted by atomic mass is 16.6. The minimum atomic E-state index is -0.797. The maximum atomic E-state index is 12.8. The van der Waals surface area contributed by atoms with Gasteiger partial charge in [-0.05, 0) is 109 Å². The van der Waals surface area contributed by atoms with Crippen molar-refractivity contribution in [2.24, 2.45) is 0 Å². The molecule has 0 heterocycles. The zero-order chi connectivity index (χ0) is 49.3. The molecular formula is C62H106O6. The lowest BCUT2D eigenvalue weighted by atomic mass is 10.1. The van der Waals surface area contributed by atoms with Crippen molar-refractivity contribution >= 4 is 17.9 Å². The van der Waals surface area contributed by atoms with E-state index in [0.717, 1.165) is 128 Å². The number of ether oxygens (including phenoxy) is 3. The summed E-state index contributed by atoms with van der Waals surface area (Å²) in [5.41, 5.74) is 0. The summed E-state index contributed by atoms with van der Waals surface area (Å²) < 4.78 is 16.8. The van der Waals surface area contributed by atoms with Gasteiger partial charge in [-0.2, -0.15) is 0 Å². The summed E-state index contributed by atoms with van der Waals surface area (Å²) in [6, 6.07) is 0. The lowest BCUT2D eigenvalue weighted by Crippen LogP contribution is -2.30. The molecule has 0 aromatic heterocycles. The van der Waals surface area contributed by atoms with Crippen LogP contribution in [0.5, 0.6) is 0 Å². The minimum absolute atomic E-state index is 0.0952. The largest absolute Gasteiger partial charge is 0.462 e. The average molecular weight is 948 g/mol. The Kier molecular flexibility index (Phi) is 53.4. The Morgan fingerprint density at radius 2 is 0.618 bits per heavy atom. The molecule has 0 saturated heterocycles. The van der Waals surface area contributed by atoms with E-state index >= 15 is 0 Å². The molecule has 6 nitrogen and oxygen atoms in total. The number of hydrogen-bond donors (Lipinski definition) is 0. The van der Waals surface area contributed by atoms with Gasteiger partial charge in [-0.25, -0.2) is 0 Å². The number of unbranched alkanes of at least 4 members (excludes halogenated alkanes) is 27. The van der Waals surface area contributed by atoms with Crippen molar-refractivity contribution in [2.45, 2.75) is 277 Å². The molecule has 1 atom stereocenters. The second kappa shape index (κ2) is 56.2. The van der Waals surface area contributed by atoms with Gasteiger partial charge in [0, 0.05) is 19.3 Å². The molecule has 0 aliphatic heterocycles. The predicted molar refractivity (Wildman–Crippen MR) is 293 cm³/mol. The van der Waals surface area contributed by atoms with Crippen LogP contribution in [-0.2, 0) is 28.6 Å². The van der Waals surface area contributed by atoms with Gasteiger partial charge in [0.25, 0.3) is 0 Å². The Hall–Kier alpha value is -3.41. The zero-order valence-corrected chi connectivity index (χ0v) is 44.6. The molecule has 0 amide bonds. The first-order valence-electron chi connectivity index (χ1n) is 28.6. The van der Waals surface area contributed by atoms with Crippen LogP contribution in [0.4, 0.5) is 0 Å². The van der Waals surface area contributed by atoms with E-state index in [2.05, 4.69) is 106 Å². The van der Waals surface area contributed by atoms with Gasteiger partial charge >= 0.3 is 17.9 Å². The summed E-state index contributed by atoms with van der Waals surface area (Å²) in [6.07, 6.45) is 72.8. The third-order valence-electron chi connectivity index (χ3n) is 12.1. The first-order chi connectivity index (χ1) is 33.5. The molecule has 0 rings (SSSR count). The maximum absolute atomic E-state index is 12.8. The highest BCUT2D eigenvalue weighted by Crippen LogP contribution is 2.14. The van der Waals surface area contributed by atoms with Crippen LogP contribution in [0.2, 0.25) is 0 Å². The Balaban J connectivity index is 4.44. The first kappa shape index (κ1) is 64.6. The van der Waals surface area contributed by atoms with Crippen LogP contribution in [0.15, 0.2) is 85.1 Å². The summed E-state index contributed by atoms with van der Waals surface area (Å²) in [6.45, 7) is 6.49. The van der Waals surface area contributed by atoms with E-state index < -0.39 is 6.10 Å². The number of hydrogen-bond acceptors (Lipinski definition) is 6. The molecular weight excluding hydrogens is 841 g/mol. The topological polar surface area (TPSA) is 78.9 Å². The Morgan fingerprint density at radius 3 is 1.01 bits per heavy atom. The first-order valence-corrected chi connectivity index (χ1v) is 28.6. The number of carbonyl (C=O) groups excluding carboxylic acids is 3. The smallest absolute Gasteiger partial charge is 0.306 e. The Bertz CT molecular complexity index is 1320. The van der Waals surface area contributed by atoms with Gasteiger partial charge in [0.2, 0.25) is 0 Å². The number of carbonyl (C=O) groups is 3. The molecule has 390 valence electrons. The molecule has 0 aliphatic carbocycles. The average Bonchev–Trinajstić information content (AvgIpc) is 3.34. The van der Waals surface area contributed by atoms with Gasteiger partial charge in [0.15, 0.2) is 6.10 Å².